The quantitative estimate of drug-likeness (QED) is 0.168. The lowest BCUT2D eigenvalue weighted by Crippen LogP contribution is -2.26. The van der Waals surface area contributed by atoms with E-state index in [1.165, 1.54) is 6.66 Å². The van der Waals surface area contributed by atoms with Gasteiger partial charge in [0, 0.05) is 19.6 Å². The highest BCUT2D eigenvalue weighted by Crippen LogP contribution is 2.36. The van der Waals surface area contributed by atoms with Crippen LogP contribution < -0.4 is 11.1 Å². The van der Waals surface area contributed by atoms with Gasteiger partial charge in [0.2, 0.25) is 0 Å². The van der Waals surface area contributed by atoms with Gasteiger partial charge in [0.15, 0.2) is 0 Å². The van der Waals surface area contributed by atoms with Crippen LogP contribution in [0.4, 0.5) is 4.79 Å². The average Bonchev–Trinajstić information content (AvgIpc) is 2.53. The van der Waals surface area contributed by atoms with Gasteiger partial charge in [0.05, 0.1) is 19.0 Å². The molecule has 0 rings (SSSR count). The van der Waals surface area contributed by atoms with Crippen molar-refractivity contribution < 1.29 is 23.5 Å². The number of amides is 1. The number of unbranched alkanes of at least 4 members (excludes halogenated alkanes) is 3. The largest absolute Gasteiger partial charge is 0.448 e. The molecule has 0 aromatic carbocycles. The van der Waals surface area contributed by atoms with Crippen LogP contribution in [0.25, 0.3) is 0 Å². The van der Waals surface area contributed by atoms with E-state index in [9.17, 15) is 9.36 Å². The molecular weight excluding hydrogens is 365 g/mol. The van der Waals surface area contributed by atoms with Crippen molar-refractivity contribution in [3.63, 3.8) is 0 Å². The van der Waals surface area contributed by atoms with Gasteiger partial charge in [-0.15, -0.1) is 0 Å². The van der Waals surface area contributed by atoms with Crippen molar-refractivity contribution in [2.45, 2.75) is 38.5 Å². The average molecular weight is 397 g/mol. The summed E-state index contributed by atoms with van der Waals surface area (Å²) in [6, 6.07) is 0. The number of thioether (sulfide) groups is 1. The number of hydrogen-bond donors (Lipinski definition) is 3. The van der Waals surface area contributed by atoms with Crippen LogP contribution in [-0.4, -0.2) is 61.8 Å². The Bertz CT molecular complexity index is 431. The molecule has 0 bridgehead atoms. The van der Waals surface area contributed by atoms with Crippen LogP contribution in [0.2, 0.25) is 0 Å². The van der Waals surface area contributed by atoms with Gasteiger partial charge in [-0.1, -0.05) is 12.8 Å². The van der Waals surface area contributed by atoms with Crippen molar-refractivity contribution in [3.8, 4) is 0 Å². The Hall–Kier alpha value is -0.760. The van der Waals surface area contributed by atoms with Crippen molar-refractivity contribution >= 4 is 31.3 Å². The molecule has 25 heavy (non-hydrogen) atoms. The molecule has 0 fully saturated rings. The highest BCUT2D eigenvalue weighted by molar-refractivity contribution is 7.98. The summed E-state index contributed by atoms with van der Waals surface area (Å²) in [5, 5.41) is 2.67. The SMILES string of the molecule is CSCCCC(N)=NCCOC(=O)NCCCCCCOP(C)(=O)O. The van der Waals surface area contributed by atoms with Crippen LogP contribution in [0.15, 0.2) is 4.99 Å². The fourth-order valence-corrected chi connectivity index (χ4v) is 2.76. The van der Waals surface area contributed by atoms with Gasteiger partial charge in [-0.25, -0.2) is 4.79 Å². The molecule has 1 amide bonds. The third-order valence-electron chi connectivity index (χ3n) is 3.09. The molecule has 0 radical (unpaired) electrons. The number of carbonyl (C=O) groups excluding carboxylic acids is 1. The molecule has 0 saturated carbocycles. The smallest absolute Gasteiger partial charge is 0.407 e. The number of nitrogens with zero attached hydrogens (tertiary/aromatic N) is 1. The minimum absolute atomic E-state index is 0.213. The molecule has 148 valence electrons. The number of aliphatic imine (C=N–C) groups is 1. The van der Waals surface area contributed by atoms with Gasteiger partial charge in [-0.3, -0.25) is 9.56 Å². The second kappa shape index (κ2) is 15.5. The Morgan fingerprint density at radius 3 is 2.64 bits per heavy atom. The van der Waals surface area contributed by atoms with Crippen molar-refractivity contribution in [2.24, 2.45) is 10.7 Å². The van der Waals surface area contributed by atoms with Crippen molar-refractivity contribution in [3.05, 3.63) is 0 Å². The van der Waals surface area contributed by atoms with Gasteiger partial charge < -0.3 is 25.2 Å². The zero-order valence-electron chi connectivity index (χ0n) is 15.2. The van der Waals surface area contributed by atoms with E-state index in [1.807, 2.05) is 0 Å². The molecule has 0 aliphatic heterocycles. The molecule has 10 heteroatoms. The summed E-state index contributed by atoms with van der Waals surface area (Å²) in [4.78, 5) is 24.5. The minimum Gasteiger partial charge on any atom is -0.448 e. The van der Waals surface area contributed by atoms with E-state index >= 15 is 0 Å². The molecule has 8 nitrogen and oxygen atoms in total. The van der Waals surface area contributed by atoms with E-state index in [2.05, 4.69) is 16.6 Å². The fourth-order valence-electron chi connectivity index (χ4n) is 1.86. The topological polar surface area (TPSA) is 123 Å². The van der Waals surface area contributed by atoms with Gasteiger partial charge in [0.1, 0.15) is 6.61 Å². The van der Waals surface area contributed by atoms with E-state index in [0.29, 0.717) is 18.9 Å². The van der Waals surface area contributed by atoms with Crippen molar-refractivity contribution in [1.82, 2.24) is 5.32 Å². The van der Waals surface area contributed by atoms with Gasteiger partial charge in [-0.2, -0.15) is 11.8 Å². The first kappa shape index (κ1) is 24.2. The first-order valence-electron chi connectivity index (χ1n) is 8.48. The summed E-state index contributed by atoms with van der Waals surface area (Å²) in [6.07, 6.45) is 6.69. The molecule has 0 aromatic heterocycles. The second-order valence-electron chi connectivity index (χ2n) is 5.58. The highest BCUT2D eigenvalue weighted by atomic mass is 32.2. The number of amidine groups is 1. The van der Waals surface area contributed by atoms with Crippen LogP contribution >= 0.6 is 19.4 Å². The Morgan fingerprint density at radius 2 is 1.96 bits per heavy atom. The maximum absolute atomic E-state index is 11.4. The summed E-state index contributed by atoms with van der Waals surface area (Å²) < 4.78 is 20.7. The van der Waals surface area contributed by atoms with Crippen LogP contribution in [0.5, 0.6) is 0 Å². The lowest BCUT2D eigenvalue weighted by molar-refractivity contribution is 0.149. The number of ether oxygens (including phenoxy) is 1. The molecule has 0 spiro atoms. The van der Waals surface area contributed by atoms with E-state index in [1.54, 1.807) is 11.8 Å². The molecule has 0 aliphatic carbocycles. The molecule has 1 unspecified atom stereocenters. The minimum atomic E-state index is -3.36. The van der Waals surface area contributed by atoms with Crippen molar-refractivity contribution in [1.29, 1.82) is 0 Å². The summed E-state index contributed by atoms with van der Waals surface area (Å²) in [5.74, 6) is 1.66. The maximum Gasteiger partial charge on any atom is 0.407 e. The van der Waals surface area contributed by atoms with Gasteiger partial charge in [0.25, 0.3) is 0 Å². The zero-order chi connectivity index (χ0) is 19.0. The molecule has 0 aromatic rings. The molecule has 0 aliphatic rings. The Morgan fingerprint density at radius 1 is 1.24 bits per heavy atom. The third-order valence-corrected chi connectivity index (χ3v) is 4.45. The number of rotatable bonds is 15. The van der Waals surface area contributed by atoms with E-state index in [-0.39, 0.29) is 13.2 Å². The van der Waals surface area contributed by atoms with Gasteiger partial charge >= 0.3 is 13.7 Å². The monoisotopic (exact) mass is 397 g/mol. The maximum atomic E-state index is 11.4. The number of nitrogens with two attached hydrogens (primary N) is 1. The molecule has 4 N–H and O–H groups in total. The van der Waals surface area contributed by atoms with E-state index in [4.69, 9.17) is 19.9 Å². The summed E-state index contributed by atoms with van der Waals surface area (Å²) in [7, 11) is -3.36. The van der Waals surface area contributed by atoms with E-state index in [0.717, 1.165) is 44.3 Å². The molecule has 0 heterocycles. The summed E-state index contributed by atoms with van der Waals surface area (Å²) in [6.45, 7) is 2.58. The number of nitrogens with one attached hydrogen (secondary N) is 1. The van der Waals surface area contributed by atoms with Crippen LogP contribution in [0.3, 0.4) is 0 Å². The molecular formula is C15H32N3O5PS. The first-order valence-corrected chi connectivity index (χ1v) is 11.9. The van der Waals surface area contributed by atoms with E-state index < -0.39 is 13.7 Å². The normalized spacial score (nSPS) is 14.1. The molecule has 0 saturated heterocycles. The number of carbonyl (C=O) groups is 1. The third kappa shape index (κ3) is 19.4. The summed E-state index contributed by atoms with van der Waals surface area (Å²) >= 11 is 1.78. The predicted molar refractivity (Wildman–Crippen MR) is 104 cm³/mol. The van der Waals surface area contributed by atoms with Gasteiger partial charge in [-0.05, 0) is 31.3 Å². The number of alkyl carbamates (subject to hydrolysis) is 1. The van der Waals surface area contributed by atoms with Crippen LogP contribution in [0.1, 0.15) is 38.5 Å². The lowest BCUT2D eigenvalue weighted by Gasteiger charge is -2.07. The van der Waals surface area contributed by atoms with Crippen LogP contribution in [0, 0.1) is 0 Å². The van der Waals surface area contributed by atoms with Crippen LogP contribution in [-0.2, 0) is 13.8 Å². The Labute approximate surface area is 154 Å². The Kier molecular flexibility index (Phi) is 15.0. The highest BCUT2D eigenvalue weighted by Gasteiger charge is 2.08. The number of hydrogen-bond acceptors (Lipinski definition) is 6. The summed E-state index contributed by atoms with van der Waals surface area (Å²) in [5.41, 5.74) is 5.75. The molecule has 1 atom stereocenters. The second-order valence-corrected chi connectivity index (χ2v) is 8.43. The first-order chi connectivity index (χ1) is 11.8. The standard InChI is InChI=1S/C15H32N3O5PS/c1-24(20,21)23-11-6-4-3-5-9-18-15(19)22-12-10-17-14(16)8-7-13-25-2/h3-13H2,1-2H3,(H2,16,17)(H,18,19)(H,20,21). The Balaban J connectivity index is 3.44. The zero-order valence-corrected chi connectivity index (χ0v) is 16.9. The predicted octanol–water partition coefficient (Wildman–Crippen LogP) is 2.61. The van der Waals surface area contributed by atoms with Crippen molar-refractivity contribution in [2.75, 3.05) is 45.0 Å². The fraction of sp³-hybridized carbons (Fsp3) is 0.867. The lowest BCUT2D eigenvalue weighted by atomic mass is 10.2.